The first kappa shape index (κ1) is 13.9. The molecule has 0 amide bonds. The second-order valence-electron chi connectivity index (χ2n) is 3.91. The Hall–Kier alpha value is -0.561. The van der Waals surface area contributed by atoms with Gasteiger partial charge in [-0.25, -0.2) is 0 Å². The van der Waals surface area contributed by atoms with Crippen molar-refractivity contribution in [2.24, 2.45) is 0 Å². The third kappa shape index (κ3) is 3.47. The van der Waals surface area contributed by atoms with Crippen LogP contribution in [0.5, 0.6) is 0 Å². The van der Waals surface area contributed by atoms with Crippen molar-refractivity contribution in [2.45, 2.75) is 17.7 Å². The van der Waals surface area contributed by atoms with Crippen molar-refractivity contribution < 1.29 is 5.11 Å². The van der Waals surface area contributed by atoms with E-state index >= 15 is 0 Å². The minimum atomic E-state index is 0.137. The Morgan fingerprint density at radius 1 is 0.889 bits per heavy atom. The molecule has 1 nitrogen and oxygen atoms in total. The summed E-state index contributed by atoms with van der Waals surface area (Å²) in [6.07, 6.45) is 0. The van der Waals surface area contributed by atoms with Crippen molar-refractivity contribution in [2.75, 3.05) is 0 Å². The molecule has 94 valence electrons. The van der Waals surface area contributed by atoms with Crippen LogP contribution in [0.2, 0.25) is 5.82 Å². The Bertz CT molecular complexity index is 511. The first-order valence-corrected chi connectivity index (χ1v) is 10.4. The SMILES string of the molecule is C[Se]Cc1ccccc1[Se]c1ccccc1CO. The second kappa shape index (κ2) is 7.13. The molecule has 0 aromatic heterocycles. The summed E-state index contributed by atoms with van der Waals surface area (Å²) < 4.78 is 2.75. The van der Waals surface area contributed by atoms with E-state index in [-0.39, 0.29) is 6.61 Å². The van der Waals surface area contributed by atoms with Gasteiger partial charge in [-0.05, 0) is 0 Å². The molecule has 0 radical (unpaired) electrons. The van der Waals surface area contributed by atoms with Crippen LogP contribution in [0.3, 0.4) is 0 Å². The molecule has 3 heteroatoms. The van der Waals surface area contributed by atoms with Gasteiger partial charge in [-0.3, -0.25) is 0 Å². The zero-order valence-corrected chi connectivity index (χ0v) is 13.7. The van der Waals surface area contributed by atoms with Crippen molar-refractivity contribution in [1.82, 2.24) is 0 Å². The van der Waals surface area contributed by atoms with Gasteiger partial charge in [0.05, 0.1) is 0 Å². The van der Waals surface area contributed by atoms with E-state index in [4.69, 9.17) is 0 Å². The van der Waals surface area contributed by atoms with Gasteiger partial charge in [0.2, 0.25) is 0 Å². The van der Waals surface area contributed by atoms with E-state index < -0.39 is 0 Å². The van der Waals surface area contributed by atoms with E-state index in [1.807, 2.05) is 12.1 Å². The quantitative estimate of drug-likeness (QED) is 0.782. The molecule has 0 aliphatic heterocycles. The van der Waals surface area contributed by atoms with Gasteiger partial charge in [0.15, 0.2) is 0 Å². The summed E-state index contributed by atoms with van der Waals surface area (Å²) in [7, 11) is 0. The van der Waals surface area contributed by atoms with Crippen LogP contribution >= 0.6 is 0 Å². The van der Waals surface area contributed by atoms with E-state index in [0.29, 0.717) is 29.9 Å². The molecule has 1 N–H and O–H groups in total. The van der Waals surface area contributed by atoms with Crippen LogP contribution in [-0.4, -0.2) is 35.0 Å². The maximum atomic E-state index is 9.38. The van der Waals surface area contributed by atoms with Crippen LogP contribution in [0.15, 0.2) is 48.5 Å². The van der Waals surface area contributed by atoms with Crippen LogP contribution in [-0.2, 0) is 11.9 Å². The van der Waals surface area contributed by atoms with Gasteiger partial charge in [0, 0.05) is 0 Å². The van der Waals surface area contributed by atoms with Crippen molar-refractivity contribution in [3.63, 3.8) is 0 Å². The zero-order chi connectivity index (χ0) is 12.8. The molecule has 0 saturated carbocycles. The molecule has 0 aliphatic carbocycles. The molecule has 0 heterocycles. The topological polar surface area (TPSA) is 20.2 Å². The molecule has 18 heavy (non-hydrogen) atoms. The average Bonchev–Trinajstić information content (AvgIpc) is 2.42. The predicted octanol–water partition coefficient (Wildman–Crippen LogP) is 1.09. The number of aliphatic hydroxyl groups is 1. The van der Waals surface area contributed by atoms with E-state index in [2.05, 4.69) is 42.2 Å². The summed E-state index contributed by atoms with van der Waals surface area (Å²) in [6, 6.07) is 16.9. The normalized spacial score (nSPS) is 10.6. The van der Waals surface area contributed by atoms with E-state index in [0.717, 1.165) is 5.56 Å². The van der Waals surface area contributed by atoms with E-state index in [9.17, 15) is 5.11 Å². The third-order valence-corrected chi connectivity index (χ3v) is 6.49. The van der Waals surface area contributed by atoms with E-state index in [1.54, 1.807) is 0 Å². The monoisotopic (exact) mass is 372 g/mol. The Morgan fingerprint density at radius 2 is 1.44 bits per heavy atom. The van der Waals surface area contributed by atoms with E-state index in [1.165, 1.54) is 19.8 Å². The first-order valence-electron chi connectivity index (χ1n) is 5.78. The second-order valence-corrected chi connectivity index (χ2v) is 8.00. The molecule has 0 bridgehead atoms. The number of hydrogen-bond acceptors (Lipinski definition) is 1. The van der Waals surface area contributed by atoms with Crippen molar-refractivity contribution in [1.29, 1.82) is 0 Å². The number of hydrogen-bond donors (Lipinski definition) is 1. The molecule has 0 unspecified atom stereocenters. The summed E-state index contributed by atoms with van der Waals surface area (Å²) in [5.74, 6) is 2.28. The van der Waals surface area contributed by atoms with Crippen LogP contribution in [0.4, 0.5) is 0 Å². The molecular formula is C15H16OSe2. The molecule has 0 spiro atoms. The van der Waals surface area contributed by atoms with Crippen LogP contribution < -0.4 is 8.92 Å². The number of benzene rings is 2. The first-order chi connectivity index (χ1) is 8.85. The Labute approximate surface area is 121 Å². The predicted molar refractivity (Wildman–Crippen MR) is 79.2 cm³/mol. The zero-order valence-electron chi connectivity index (χ0n) is 10.3. The molecular weight excluding hydrogens is 354 g/mol. The van der Waals surface area contributed by atoms with Crippen molar-refractivity contribution in [3.05, 3.63) is 59.7 Å². The number of rotatable bonds is 5. The van der Waals surface area contributed by atoms with Crippen molar-refractivity contribution >= 4 is 38.8 Å². The van der Waals surface area contributed by atoms with Crippen LogP contribution in [0.25, 0.3) is 0 Å². The molecule has 0 atom stereocenters. The fourth-order valence-electron chi connectivity index (χ4n) is 1.73. The molecule has 0 aliphatic rings. The molecule has 2 rings (SSSR count). The van der Waals surface area contributed by atoms with Crippen LogP contribution in [0.1, 0.15) is 11.1 Å². The van der Waals surface area contributed by atoms with Crippen LogP contribution in [0, 0.1) is 0 Å². The van der Waals surface area contributed by atoms with Gasteiger partial charge >= 0.3 is 121 Å². The Morgan fingerprint density at radius 3 is 2.06 bits per heavy atom. The molecule has 0 fully saturated rings. The standard InChI is InChI=1S/C15H16OSe2/c1-17-11-13-7-3-5-9-15(13)18-14-8-4-2-6-12(14)10-16/h2-9,16H,10-11H2,1H3. The molecule has 2 aromatic rings. The van der Waals surface area contributed by atoms with Gasteiger partial charge < -0.3 is 0 Å². The summed E-state index contributed by atoms with van der Waals surface area (Å²) in [5, 5.41) is 10.6. The average molecular weight is 370 g/mol. The molecule has 2 aromatic carbocycles. The summed E-state index contributed by atoms with van der Waals surface area (Å²) in [5.41, 5.74) is 2.54. The minimum absolute atomic E-state index is 0.137. The maximum absolute atomic E-state index is 9.38. The number of aliphatic hydroxyl groups excluding tert-OH is 1. The van der Waals surface area contributed by atoms with Gasteiger partial charge in [-0.2, -0.15) is 0 Å². The van der Waals surface area contributed by atoms with Gasteiger partial charge in [-0.15, -0.1) is 0 Å². The Kier molecular flexibility index (Phi) is 5.49. The Balaban J connectivity index is 2.28. The third-order valence-electron chi connectivity index (χ3n) is 2.64. The van der Waals surface area contributed by atoms with Crippen molar-refractivity contribution in [3.8, 4) is 0 Å². The summed E-state index contributed by atoms with van der Waals surface area (Å²) in [6.45, 7) is 0.137. The van der Waals surface area contributed by atoms with Gasteiger partial charge in [0.25, 0.3) is 0 Å². The molecule has 0 saturated heterocycles. The summed E-state index contributed by atoms with van der Waals surface area (Å²) in [4.78, 5) is 0. The van der Waals surface area contributed by atoms with Gasteiger partial charge in [0.1, 0.15) is 0 Å². The summed E-state index contributed by atoms with van der Waals surface area (Å²) >= 11 is 0.962. The fourth-order valence-corrected chi connectivity index (χ4v) is 5.61. The fraction of sp³-hybridized carbons (Fsp3) is 0.200. The van der Waals surface area contributed by atoms with Gasteiger partial charge in [-0.1, -0.05) is 0 Å².